The number of nitrogens with zero attached hydrogens (tertiary/aromatic N) is 1. The third-order valence-electron chi connectivity index (χ3n) is 3.03. The molecule has 0 bridgehead atoms. The summed E-state index contributed by atoms with van der Waals surface area (Å²) in [5.74, 6) is -0.284. The standard InChI is InChI=1S/C14H10ClN3O3S2/c15-8-2-1-6(4-17-8)5-22-14-10(13(16)21)11-12(23-14)7(19)3-9(20)18-11/h1-4H,5H2,(H2,16,21)(H2,18,19,20). The predicted molar refractivity (Wildman–Crippen MR) is 91.4 cm³/mol. The average Bonchev–Trinajstić information content (AvgIpc) is 2.85. The summed E-state index contributed by atoms with van der Waals surface area (Å²) in [4.78, 5) is 29.8. The van der Waals surface area contributed by atoms with Gasteiger partial charge in [-0.2, -0.15) is 0 Å². The van der Waals surface area contributed by atoms with Gasteiger partial charge in [-0.25, -0.2) is 4.98 Å². The molecule has 0 saturated carbocycles. The highest BCUT2D eigenvalue weighted by molar-refractivity contribution is 8.00. The van der Waals surface area contributed by atoms with Crippen LogP contribution in [-0.4, -0.2) is 21.0 Å². The molecule has 0 fully saturated rings. The summed E-state index contributed by atoms with van der Waals surface area (Å²) < 4.78 is 1.05. The lowest BCUT2D eigenvalue weighted by atomic mass is 10.2. The van der Waals surface area contributed by atoms with E-state index in [2.05, 4.69) is 9.97 Å². The third kappa shape index (κ3) is 3.19. The van der Waals surface area contributed by atoms with Crippen LogP contribution < -0.4 is 11.3 Å². The molecule has 0 saturated heterocycles. The third-order valence-corrected chi connectivity index (χ3v) is 5.81. The Morgan fingerprint density at radius 1 is 1.48 bits per heavy atom. The van der Waals surface area contributed by atoms with Gasteiger partial charge in [-0.3, -0.25) is 9.59 Å². The van der Waals surface area contributed by atoms with Gasteiger partial charge >= 0.3 is 0 Å². The van der Waals surface area contributed by atoms with Crippen molar-refractivity contribution >= 4 is 50.8 Å². The van der Waals surface area contributed by atoms with Gasteiger partial charge in [-0.1, -0.05) is 17.7 Å². The molecule has 0 aromatic carbocycles. The van der Waals surface area contributed by atoms with Crippen molar-refractivity contribution in [1.82, 2.24) is 9.97 Å². The second-order valence-corrected chi connectivity index (χ2v) is 7.28. The van der Waals surface area contributed by atoms with Gasteiger partial charge in [-0.05, 0) is 11.6 Å². The maximum absolute atomic E-state index is 11.8. The number of nitrogens with one attached hydrogen (secondary N) is 1. The number of aromatic amines is 1. The smallest absolute Gasteiger partial charge is 0.252 e. The molecule has 3 aromatic heterocycles. The molecule has 4 N–H and O–H groups in total. The average molecular weight is 368 g/mol. The van der Waals surface area contributed by atoms with Crippen LogP contribution in [0, 0.1) is 0 Å². The fourth-order valence-electron chi connectivity index (χ4n) is 2.03. The zero-order valence-electron chi connectivity index (χ0n) is 11.5. The van der Waals surface area contributed by atoms with E-state index < -0.39 is 11.5 Å². The number of rotatable bonds is 4. The molecule has 118 valence electrons. The molecule has 0 radical (unpaired) electrons. The van der Waals surface area contributed by atoms with E-state index in [0.29, 0.717) is 19.8 Å². The molecule has 3 heterocycles. The van der Waals surface area contributed by atoms with E-state index in [1.807, 2.05) is 6.07 Å². The van der Waals surface area contributed by atoms with Gasteiger partial charge in [0.25, 0.3) is 11.5 Å². The van der Waals surface area contributed by atoms with Crippen molar-refractivity contribution in [3.63, 3.8) is 0 Å². The molecule has 0 aliphatic rings. The first-order valence-corrected chi connectivity index (χ1v) is 8.55. The monoisotopic (exact) mass is 367 g/mol. The quantitative estimate of drug-likeness (QED) is 0.485. The van der Waals surface area contributed by atoms with E-state index in [1.165, 1.54) is 23.1 Å². The summed E-state index contributed by atoms with van der Waals surface area (Å²) in [6, 6.07) is 4.58. The number of amides is 1. The van der Waals surface area contributed by atoms with Crippen molar-refractivity contribution in [2.75, 3.05) is 0 Å². The van der Waals surface area contributed by atoms with E-state index in [0.717, 1.165) is 11.6 Å². The number of primary amides is 1. The number of fused-ring (bicyclic) bond motifs is 1. The molecule has 1 amide bonds. The Labute approximate surface area is 143 Å². The second kappa shape index (κ2) is 6.23. The van der Waals surface area contributed by atoms with Crippen LogP contribution in [-0.2, 0) is 5.75 Å². The first-order chi connectivity index (χ1) is 11.0. The van der Waals surface area contributed by atoms with Crippen LogP contribution in [0.15, 0.2) is 33.4 Å². The van der Waals surface area contributed by atoms with Gasteiger partial charge in [0.05, 0.1) is 20.0 Å². The number of carbonyl (C=O) groups excluding carboxylic acids is 1. The van der Waals surface area contributed by atoms with Crippen molar-refractivity contribution in [1.29, 1.82) is 0 Å². The largest absolute Gasteiger partial charge is 0.506 e. The molecule has 0 aliphatic heterocycles. The molecule has 23 heavy (non-hydrogen) atoms. The van der Waals surface area contributed by atoms with Gasteiger partial charge in [0, 0.05) is 18.0 Å². The number of H-pyrrole nitrogens is 1. The summed E-state index contributed by atoms with van der Waals surface area (Å²) in [6.07, 6.45) is 1.64. The minimum atomic E-state index is -0.658. The predicted octanol–water partition coefficient (Wildman–Crippen LogP) is 2.73. The molecule has 0 spiro atoms. The summed E-state index contributed by atoms with van der Waals surface area (Å²) in [5, 5.41) is 10.3. The SMILES string of the molecule is NC(=O)c1c(SCc2ccc(Cl)nc2)sc2c(O)cc(=O)[nH]c12. The van der Waals surface area contributed by atoms with Crippen molar-refractivity contribution in [3.8, 4) is 5.75 Å². The van der Waals surface area contributed by atoms with Gasteiger partial charge in [0.15, 0.2) is 0 Å². The fourth-order valence-corrected chi connectivity index (χ4v) is 4.52. The summed E-state index contributed by atoms with van der Waals surface area (Å²) in [5.41, 5.74) is 6.35. The van der Waals surface area contributed by atoms with Crippen molar-refractivity contribution in [2.24, 2.45) is 5.73 Å². The molecule has 3 aromatic rings. The number of hydrogen-bond acceptors (Lipinski definition) is 6. The maximum atomic E-state index is 11.8. The fraction of sp³-hybridized carbons (Fsp3) is 0.0714. The Morgan fingerprint density at radius 2 is 2.26 bits per heavy atom. The van der Waals surface area contributed by atoms with E-state index >= 15 is 0 Å². The lowest BCUT2D eigenvalue weighted by Crippen LogP contribution is -2.13. The summed E-state index contributed by atoms with van der Waals surface area (Å²) in [6.45, 7) is 0. The molecule has 9 heteroatoms. The number of nitrogens with two attached hydrogens (primary N) is 1. The number of pyridine rings is 2. The molecule has 0 aliphatic carbocycles. The van der Waals surface area contributed by atoms with Crippen molar-refractivity contribution in [3.05, 3.63) is 51.0 Å². The highest BCUT2D eigenvalue weighted by Crippen LogP contribution is 2.41. The van der Waals surface area contributed by atoms with Crippen LogP contribution in [0.25, 0.3) is 10.2 Å². The van der Waals surface area contributed by atoms with Crippen molar-refractivity contribution in [2.45, 2.75) is 9.96 Å². The summed E-state index contributed by atoms with van der Waals surface area (Å²) >= 11 is 8.32. The Bertz CT molecular complexity index is 950. The van der Waals surface area contributed by atoms with E-state index in [-0.39, 0.29) is 16.8 Å². The normalized spacial score (nSPS) is 11.0. The highest BCUT2D eigenvalue weighted by atomic mass is 35.5. The number of aromatic hydroxyl groups is 1. The van der Waals surface area contributed by atoms with E-state index in [9.17, 15) is 14.7 Å². The Kier molecular flexibility index (Phi) is 4.29. The molecular weight excluding hydrogens is 358 g/mol. The van der Waals surface area contributed by atoms with Gasteiger partial charge in [0.2, 0.25) is 0 Å². The number of hydrogen-bond donors (Lipinski definition) is 3. The molecule has 0 atom stereocenters. The van der Waals surface area contributed by atoms with Gasteiger partial charge < -0.3 is 15.8 Å². The van der Waals surface area contributed by atoms with Crippen LogP contribution >= 0.6 is 34.7 Å². The Hall–Kier alpha value is -2.03. The van der Waals surface area contributed by atoms with Crippen LogP contribution in [0.3, 0.4) is 0 Å². The van der Waals surface area contributed by atoms with Gasteiger partial charge in [-0.15, -0.1) is 23.1 Å². The lowest BCUT2D eigenvalue weighted by molar-refractivity contribution is 0.0999. The second-order valence-electron chi connectivity index (χ2n) is 4.63. The van der Waals surface area contributed by atoms with E-state index in [4.69, 9.17) is 17.3 Å². The first kappa shape index (κ1) is 15.9. The minimum absolute atomic E-state index is 0.170. The Balaban J connectivity index is 2.01. The molecule has 0 unspecified atom stereocenters. The summed E-state index contributed by atoms with van der Waals surface area (Å²) in [7, 11) is 0. The Morgan fingerprint density at radius 3 is 2.91 bits per heavy atom. The zero-order chi connectivity index (χ0) is 16.6. The van der Waals surface area contributed by atoms with Gasteiger partial charge in [0.1, 0.15) is 10.9 Å². The number of aromatic nitrogens is 2. The van der Waals surface area contributed by atoms with Crippen LogP contribution in [0.5, 0.6) is 5.75 Å². The lowest BCUT2D eigenvalue weighted by Gasteiger charge is -2.01. The van der Waals surface area contributed by atoms with Crippen LogP contribution in [0.2, 0.25) is 5.15 Å². The number of thioether (sulfide) groups is 1. The van der Waals surface area contributed by atoms with Crippen molar-refractivity contribution < 1.29 is 9.90 Å². The number of halogens is 1. The molecular formula is C14H10ClN3O3S2. The van der Waals surface area contributed by atoms with Crippen LogP contribution in [0.4, 0.5) is 0 Å². The zero-order valence-corrected chi connectivity index (χ0v) is 13.9. The van der Waals surface area contributed by atoms with E-state index in [1.54, 1.807) is 12.3 Å². The number of thiophene rings is 1. The topological polar surface area (TPSA) is 109 Å². The maximum Gasteiger partial charge on any atom is 0.252 e. The number of carbonyl (C=O) groups is 1. The minimum Gasteiger partial charge on any atom is -0.506 e. The molecule has 3 rings (SSSR count). The van der Waals surface area contributed by atoms with Crippen LogP contribution in [0.1, 0.15) is 15.9 Å². The first-order valence-electron chi connectivity index (χ1n) is 6.37. The highest BCUT2D eigenvalue weighted by Gasteiger charge is 2.20. The molecule has 6 nitrogen and oxygen atoms in total.